The summed E-state index contributed by atoms with van der Waals surface area (Å²) in [5, 5.41) is 3.77. The molecule has 0 saturated carbocycles. The second kappa shape index (κ2) is 20.2. The van der Waals surface area contributed by atoms with E-state index in [4.69, 9.17) is 16.2 Å². The summed E-state index contributed by atoms with van der Waals surface area (Å²) in [6.07, 6.45) is 22.7. The summed E-state index contributed by atoms with van der Waals surface area (Å²) in [7, 11) is 1.72. The number of hydrogen-bond acceptors (Lipinski definition) is 4. The molecule has 220 valence electrons. The number of ether oxygens (including phenoxy) is 1. The van der Waals surface area contributed by atoms with Crippen molar-refractivity contribution >= 4 is 0 Å². The minimum Gasteiger partial charge on any atom is -0.357 e. The third kappa shape index (κ3) is 11.0. The fourth-order valence-corrected chi connectivity index (χ4v) is 6.04. The molecule has 0 aromatic heterocycles. The maximum atomic E-state index is 7.21. The van der Waals surface area contributed by atoms with Crippen LogP contribution in [-0.2, 0) is 16.0 Å². The standard InChI is InChI=1S/C35H59N3O/c1-3-4-5-6-7-8-9-10-11-12-13-14-15-16-17-24-29-34(38-31-30-36,32-25-20-18-21-26-32)35(37,39-2)33-27-22-19-23-28-33/h18-23,25-28,38H,3-17,24,29-31,36-37H2,1-2H3. The highest BCUT2D eigenvalue weighted by molar-refractivity contribution is 5.35. The third-order valence-electron chi connectivity index (χ3n) is 8.40. The molecule has 2 unspecified atom stereocenters. The summed E-state index contributed by atoms with van der Waals surface area (Å²) in [5.74, 6) is 0. The first-order valence-corrected chi connectivity index (χ1v) is 16.0. The average Bonchev–Trinajstić information content (AvgIpc) is 2.99. The number of rotatable bonds is 24. The van der Waals surface area contributed by atoms with Crippen LogP contribution in [0.4, 0.5) is 0 Å². The van der Waals surface area contributed by atoms with E-state index in [1.807, 2.05) is 18.2 Å². The molecule has 0 spiro atoms. The van der Waals surface area contributed by atoms with Crippen molar-refractivity contribution in [1.29, 1.82) is 0 Å². The Balaban J connectivity index is 1.83. The minimum atomic E-state index is -1.03. The van der Waals surface area contributed by atoms with Crippen LogP contribution in [0, 0.1) is 0 Å². The van der Waals surface area contributed by atoms with Crippen molar-refractivity contribution in [3.8, 4) is 0 Å². The Labute approximate surface area is 240 Å². The highest BCUT2D eigenvalue weighted by Gasteiger charge is 2.51. The lowest BCUT2D eigenvalue weighted by atomic mass is 9.73. The summed E-state index contributed by atoms with van der Waals surface area (Å²) in [6, 6.07) is 20.8. The lowest BCUT2D eigenvalue weighted by molar-refractivity contribution is -0.0975. The van der Waals surface area contributed by atoms with Gasteiger partial charge in [-0.3, -0.25) is 5.73 Å². The molecular formula is C35H59N3O. The summed E-state index contributed by atoms with van der Waals surface area (Å²) >= 11 is 0. The first-order chi connectivity index (χ1) is 19.1. The van der Waals surface area contributed by atoms with Crippen molar-refractivity contribution in [1.82, 2.24) is 5.32 Å². The van der Waals surface area contributed by atoms with Crippen molar-refractivity contribution in [2.45, 2.75) is 127 Å². The zero-order valence-electron chi connectivity index (χ0n) is 25.3. The van der Waals surface area contributed by atoms with E-state index in [1.54, 1.807) is 7.11 Å². The van der Waals surface area contributed by atoms with Crippen LogP contribution in [0.15, 0.2) is 60.7 Å². The van der Waals surface area contributed by atoms with Crippen LogP contribution in [0.1, 0.15) is 127 Å². The molecule has 4 nitrogen and oxygen atoms in total. The van der Waals surface area contributed by atoms with Gasteiger partial charge in [-0.15, -0.1) is 0 Å². The zero-order valence-corrected chi connectivity index (χ0v) is 25.3. The van der Waals surface area contributed by atoms with Gasteiger partial charge in [0.2, 0.25) is 0 Å². The molecule has 0 bridgehead atoms. The second-order valence-corrected chi connectivity index (χ2v) is 11.3. The van der Waals surface area contributed by atoms with Crippen molar-refractivity contribution in [3.05, 3.63) is 71.8 Å². The lowest BCUT2D eigenvalue weighted by Crippen LogP contribution is -2.64. The fraction of sp³-hybridized carbons (Fsp3) is 0.657. The van der Waals surface area contributed by atoms with Gasteiger partial charge in [-0.25, -0.2) is 0 Å². The van der Waals surface area contributed by atoms with Gasteiger partial charge in [-0.05, 0) is 12.0 Å². The Morgan fingerprint density at radius 1 is 0.615 bits per heavy atom. The Morgan fingerprint density at radius 3 is 1.44 bits per heavy atom. The molecule has 2 rings (SSSR count). The van der Waals surface area contributed by atoms with Crippen molar-refractivity contribution in [2.24, 2.45) is 11.5 Å². The molecule has 0 fully saturated rings. The largest absolute Gasteiger partial charge is 0.357 e. The van der Waals surface area contributed by atoms with Crippen LogP contribution in [0.25, 0.3) is 0 Å². The molecule has 4 heteroatoms. The van der Waals surface area contributed by atoms with Crippen molar-refractivity contribution in [2.75, 3.05) is 20.2 Å². The first kappa shape index (κ1) is 33.5. The third-order valence-corrected chi connectivity index (χ3v) is 8.40. The summed E-state index contributed by atoms with van der Waals surface area (Å²) < 4.78 is 6.19. The molecule has 0 heterocycles. The molecule has 0 aliphatic rings. The molecule has 0 amide bonds. The molecule has 2 aromatic carbocycles. The highest BCUT2D eigenvalue weighted by atomic mass is 16.5. The maximum absolute atomic E-state index is 7.21. The van der Waals surface area contributed by atoms with Crippen LogP contribution in [-0.4, -0.2) is 20.2 Å². The number of nitrogens with one attached hydrogen (secondary N) is 1. The number of benzene rings is 2. The van der Waals surface area contributed by atoms with Crippen LogP contribution in [0.5, 0.6) is 0 Å². The quantitative estimate of drug-likeness (QED) is 0.0926. The number of unbranched alkanes of at least 4 members (excludes halogenated alkanes) is 15. The average molecular weight is 538 g/mol. The molecule has 39 heavy (non-hydrogen) atoms. The zero-order chi connectivity index (χ0) is 28.1. The van der Waals surface area contributed by atoms with E-state index in [9.17, 15) is 0 Å². The first-order valence-electron chi connectivity index (χ1n) is 16.0. The summed E-state index contributed by atoms with van der Waals surface area (Å²) in [6.45, 7) is 3.50. The van der Waals surface area contributed by atoms with Crippen molar-refractivity contribution < 1.29 is 4.74 Å². The van der Waals surface area contributed by atoms with E-state index in [1.165, 1.54) is 96.3 Å². The molecule has 2 aromatic rings. The molecule has 0 aliphatic carbocycles. The smallest absolute Gasteiger partial charge is 0.164 e. The Bertz CT molecular complexity index is 830. The van der Waals surface area contributed by atoms with E-state index in [0.29, 0.717) is 13.1 Å². The summed E-state index contributed by atoms with van der Waals surface area (Å²) in [4.78, 5) is 0. The van der Waals surface area contributed by atoms with E-state index in [-0.39, 0.29) is 0 Å². The number of hydrogen-bond donors (Lipinski definition) is 3. The van der Waals surface area contributed by atoms with E-state index >= 15 is 0 Å². The van der Waals surface area contributed by atoms with Gasteiger partial charge in [0.1, 0.15) is 0 Å². The van der Waals surface area contributed by atoms with Crippen molar-refractivity contribution in [3.63, 3.8) is 0 Å². The van der Waals surface area contributed by atoms with Gasteiger partial charge in [0.25, 0.3) is 0 Å². The van der Waals surface area contributed by atoms with Gasteiger partial charge in [-0.2, -0.15) is 0 Å². The highest BCUT2D eigenvalue weighted by Crippen LogP contribution is 2.43. The maximum Gasteiger partial charge on any atom is 0.164 e. The summed E-state index contributed by atoms with van der Waals surface area (Å²) in [5.41, 5.74) is 13.7. The molecule has 0 saturated heterocycles. The van der Waals surface area contributed by atoms with Gasteiger partial charge >= 0.3 is 0 Å². The van der Waals surface area contributed by atoms with Gasteiger partial charge < -0.3 is 15.8 Å². The predicted molar refractivity (Wildman–Crippen MR) is 169 cm³/mol. The van der Waals surface area contributed by atoms with Crippen LogP contribution < -0.4 is 16.8 Å². The van der Waals surface area contributed by atoms with Gasteiger partial charge in [-0.1, -0.05) is 170 Å². The van der Waals surface area contributed by atoms with Gasteiger partial charge in [0.15, 0.2) is 5.72 Å². The topological polar surface area (TPSA) is 73.3 Å². The van der Waals surface area contributed by atoms with E-state index in [2.05, 4.69) is 54.7 Å². The Morgan fingerprint density at radius 2 is 1.03 bits per heavy atom. The van der Waals surface area contributed by atoms with Crippen LogP contribution >= 0.6 is 0 Å². The molecular weight excluding hydrogens is 478 g/mol. The normalized spacial score (nSPS) is 14.7. The molecule has 0 radical (unpaired) electrons. The predicted octanol–water partition coefficient (Wildman–Crippen LogP) is 8.54. The van der Waals surface area contributed by atoms with E-state index < -0.39 is 11.3 Å². The SMILES string of the molecule is CCCCCCCCCCCCCCCCCCC(NCCN)(c1ccccc1)C(N)(OC)c1ccccc1. The number of methoxy groups -OCH3 is 1. The lowest BCUT2D eigenvalue weighted by Gasteiger charge is -2.49. The molecule has 5 N–H and O–H groups in total. The molecule has 2 atom stereocenters. The van der Waals surface area contributed by atoms with Crippen LogP contribution in [0.3, 0.4) is 0 Å². The van der Waals surface area contributed by atoms with Gasteiger partial charge in [0, 0.05) is 25.8 Å². The monoisotopic (exact) mass is 537 g/mol. The second-order valence-electron chi connectivity index (χ2n) is 11.3. The minimum absolute atomic E-state index is 0.544. The number of nitrogens with two attached hydrogens (primary N) is 2. The molecule has 0 aliphatic heterocycles. The van der Waals surface area contributed by atoms with Gasteiger partial charge in [0.05, 0.1) is 5.54 Å². The Kier molecular flexibility index (Phi) is 17.3. The van der Waals surface area contributed by atoms with E-state index in [0.717, 1.165) is 24.0 Å². The van der Waals surface area contributed by atoms with Crippen LogP contribution in [0.2, 0.25) is 0 Å². The fourth-order valence-electron chi connectivity index (χ4n) is 6.04. The Hall–Kier alpha value is -1.72.